The van der Waals surface area contributed by atoms with Gasteiger partial charge >= 0.3 is 0 Å². The van der Waals surface area contributed by atoms with Gasteiger partial charge in [0.1, 0.15) is 5.82 Å². The lowest BCUT2D eigenvalue weighted by Gasteiger charge is -2.05. The Morgan fingerprint density at radius 1 is 1.48 bits per heavy atom. The van der Waals surface area contributed by atoms with Crippen molar-refractivity contribution in [1.82, 2.24) is 10.1 Å². The summed E-state index contributed by atoms with van der Waals surface area (Å²) in [5.41, 5.74) is 5.48. The van der Waals surface area contributed by atoms with Crippen molar-refractivity contribution in [1.29, 1.82) is 0 Å². The van der Waals surface area contributed by atoms with E-state index in [-0.39, 0.29) is 12.1 Å². The second-order valence-corrected chi connectivity index (χ2v) is 5.11. The Morgan fingerprint density at radius 3 is 2.90 bits per heavy atom. The van der Waals surface area contributed by atoms with Gasteiger partial charge in [0.2, 0.25) is 5.89 Å². The maximum atomic E-state index is 13.3. The lowest BCUT2D eigenvalue weighted by Crippen LogP contribution is -2.13. The number of carbonyl (C=O) groups is 1. The van der Waals surface area contributed by atoms with Crippen molar-refractivity contribution in [2.45, 2.75) is 26.8 Å². The van der Waals surface area contributed by atoms with Crippen LogP contribution in [0.5, 0.6) is 0 Å². The van der Waals surface area contributed by atoms with Crippen molar-refractivity contribution in [3.8, 4) is 0 Å². The Hall–Kier alpha value is -2.44. The molecular formula is C14H17FN4O2. The zero-order valence-corrected chi connectivity index (χ0v) is 11.9. The molecule has 0 saturated carbocycles. The molecule has 0 saturated heterocycles. The fraction of sp³-hybridized carbons (Fsp3) is 0.357. The fourth-order valence-electron chi connectivity index (χ4n) is 1.81. The van der Waals surface area contributed by atoms with Crippen LogP contribution >= 0.6 is 0 Å². The maximum absolute atomic E-state index is 13.3. The summed E-state index contributed by atoms with van der Waals surface area (Å²) in [6.45, 7) is 4.42. The van der Waals surface area contributed by atoms with E-state index in [4.69, 9.17) is 10.3 Å². The van der Waals surface area contributed by atoms with Crippen molar-refractivity contribution in [2.75, 3.05) is 5.32 Å². The minimum Gasteiger partial charge on any atom is -0.376 e. The monoisotopic (exact) mass is 292 g/mol. The van der Waals surface area contributed by atoms with E-state index in [1.54, 1.807) is 0 Å². The van der Waals surface area contributed by atoms with Gasteiger partial charge in [-0.2, -0.15) is 4.98 Å². The normalized spacial score (nSPS) is 10.9. The highest BCUT2D eigenvalue weighted by molar-refractivity contribution is 5.94. The highest BCUT2D eigenvalue weighted by Crippen LogP contribution is 2.15. The number of benzene rings is 1. The molecule has 0 aliphatic rings. The topological polar surface area (TPSA) is 94.0 Å². The molecule has 1 amide bonds. The first-order chi connectivity index (χ1) is 9.95. The van der Waals surface area contributed by atoms with Gasteiger partial charge in [-0.1, -0.05) is 19.0 Å². The molecule has 1 aromatic carbocycles. The Balaban J connectivity index is 2.01. The molecule has 112 valence electrons. The summed E-state index contributed by atoms with van der Waals surface area (Å²) in [7, 11) is 0. The van der Waals surface area contributed by atoms with Crippen LogP contribution in [0, 0.1) is 11.7 Å². The Kier molecular flexibility index (Phi) is 4.52. The highest BCUT2D eigenvalue weighted by Gasteiger charge is 2.11. The van der Waals surface area contributed by atoms with Gasteiger partial charge in [-0.05, 0) is 24.1 Å². The molecule has 0 atom stereocenters. The van der Waals surface area contributed by atoms with Crippen LogP contribution in [-0.4, -0.2) is 16.0 Å². The number of hydrogen-bond donors (Lipinski definition) is 2. The van der Waals surface area contributed by atoms with Gasteiger partial charge < -0.3 is 15.6 Å². The van der Waals surface area contributed by atoms with E-state index in [9.17, 15) is 9.18 Å². The number of anilines is 1. The van der Waals surface area contributed by atoms with Crippen LogP contribution in [0.3, 0.4) is 0 Å². The number of halogens is 1. The molecule has 1 aromatic heterocycles. The highest BCUT2D eigenvalue weighted by atomic mass is 19.1. The minimum atomic E-state index is -0.812. The minimum absolute atomic E-state index is 0.161. The molecule has 3 N–H and O–H groups in total. The van der Waals surface area contributed by atoms with Crippen LogP contribution in [0.15, 0.2) is 22.7 Å². The summed E-state index contributed by atoms with van der Waals surface area (Å²) in [5, 5.41) is 6.85. The molecule has 0 fully saturated rings. The average Bonchev–Trinajstić information content (AvgIpc) is 2.84. The summed E-state index contributed by atoms with van der Waals surface area (Å²) < 4.78 is 18.4. The first-order valence-corrected chi connectivity index (χ1v) is 6.60. The van der Waals surface area contributed by atoms with Crippen LogP contribution in [-0.2, 0) is 13.0 Å². The zero-order valence-electron chi connectivity index (χ0n) is 11.9. The van der Waals surface area contributed by atoms with Gasteiger partial charge in [0.05, 0.1) is 12.1 Å². The predicted molar refractivity (Wildman–Crippen MR) is 75.1 cm³/mol. The van der Waals surface area contributed by atoms with E-state index in [1.165, 1.54) is 18.2 Å². The van der Waals surface area contributed by atoms with E-state index in [2.05, 4.69) is 29.3 Å². The van der Waals surface area contributed by atoms with Crippen molar-refractivity contribution in [3.63, 3.8) is 0 Å². The molecule has 2 aromatic rings. The molecule has 0 bridgehead atoms. The average molecular weight is 292 g/mol. The largest absolute Gasteiger partial charge is 0.376 e. The van der Waals surface area contributed by atoms with E-state index in [0.717, 1.165) is 6.42 Å². The standard InChI is InChI=1S/C14H17FN4O2/c1-8(2)5-12-18-13(21-19-12)7-17-9-3-4-11(15)10(6-9)14(16)20/h3-4,6,8,17H,5,7H2,1-2H3,(H2,16,20). The molecule has 0 aliphatic carbocycles. The van der Waals surface area contributed by atoms with Crippen molar-refractivity contribution in [3.05, 3.63) is 41.3 Å². The van der Waals surface area contributed by atoms with Gasteiger partial charge in [-0.15, -0.1) is 0 Å². The number of carbonyl (C=O) groups excluding carboxylic acids is 1. The summed E-state index contributed by atoms with van der Waals surface area (Å²) in [6.07, 6.45) is 0.742. The molecule has 0 aliphatic heterocycles. The Bertz CT molecular complexity index is 640. The molecule has 6 nitrogen and oxygen atoms in total. The molecule has 0 radical (unpaired) electrons. The number of nitrogens with zero attached hydrogens (tertiary/aromatic N) is 2. The first kappa shape index (κ1) is 15.0. The van der Waals surface area contributed by atoms with Crippen molar-refractivity contribution in [2.24, 2.45) is 11.7 Å². The number of nitrogens with two attached hydrogens (primary N) is 1. The summed E-state index contributed by atoms with van der Waals surface area (Å²) in [5.74, 6) is 0.0613. The maximum Gasteiger partial charge on any atom is 0.251 e. The third kappa shape index (κ3) is 4.01. The van der Waals surface area contributed by atoms with Crippen LogP contribution < -0.4 is 11.1 Å². The van der Waals surface area contributed by atoms with Gasteiger partial charge in [-0.3, -0.25) is 4.79 Å². The van der Waals surface area contributed by atoms with E-state index in [1.807, 2.05) is 0 Å². The quantitative estimate of drug-likeness (QED) is 0.850. The number of rotatable bonds is 6. The summed E-state index contributed by atoms with van der Waals surface area (Å²) >= 11 is 0. The van der Waals surface area contributed by atoms with E-state index in [0.29, 0.717) is 23.3 Å². The van der Waals surface area contributed by atoms with Crippen LogP contribution in [0.4, 0.5) is 10.1 Å². The predicted octanol–water partition coefficient (Wildman–Crippen LogP) is 2.12. The van der Waals surface area contributed by atoms with Gasteiger partial charge in [0.15, 0.2) is 5.82 Å². The molecule has 1 heterocycles. The second kappa shape index (κ2) is 6.34. The summed E-state index contributed by atoms with van der Waals surface area (Å²) in [6, 6.07) is 4.04. The van der Waals surface area contributed by atoms with E-state index >= 15 is 0 Å². The molecular weight excluding hydrogens is 275 g/mol. The molecule has 21 heavy (non-hydrogen) atoms. The number of primary amides is 1. The number of nitrogens with one attached hydrogen (secondary N) is 1. The first-order valence-electron chi connectivity index (χ1n) is 6.60. The number of aromatic nitrogens is 2. The van der Waals surface area contributed by atoms with Crippen LogP contribution in [0.2, 0.25) is 0 Å². The van der Waals surface area contributed by atoms with Gasteiger partial charge in [0.25, 0.3) is 5.91 Å². The third-order valence-electron chi connectivity index (χ3n) is 2.78. The van der Waals surface area contributed by atoms with E-state index < -0.39 is 11.7 Å². The second-order valence-electron chi connectivity index (χ2n) is 5.11. The Labute approximate surface area is 121 Å². The fourth-order valence-corrected chi connectivity index (χ4v) is 1.81. The Morgan fingerprint density at radius 2 is 2.24 bits per heavy atom. The third-order valence-corrected chi connectivity index (χ3v) is 2.78. The van der Waals surface area contributed by atoms with Crippen molar-refractivity contribution >= 4 is 11.6 Å². The SMILES string of the molecule is CC(C)Cc1noc(CNc2ccc(F)c(C(N)=O)c2)n1. The van der Waals surface area contributed by atoms with Gasteiger partial charge in [-0.25, -0.2) is 4.39 Å². The van der Waals surface area contributed by atoms with Crippen molar-refractivity contribution < 1.29 is 13.7 Å². The number of amides is 1. The molecule has 0 spiro atoms. The lowest BCUT2D eigenvalue weighted by atomic mass is 10.1. The summed E-state index contributed by atoms with van der Waals surface area (Å²) in [4.78, 5) is 15.3. The molecule has 0 unspecified atom stereocenters. The van der Waals surface area contributed by atoms with Crippen LogP contribution in [0.1, 0.15) is 35.9 Å². The number of hydrogen-bond acceptors (Lipinski definition) is 5. The van der Waals surface area contributed by atoms with Gasteiger partial charge in [0, 0.05) is 12.1 Å². The smallest absolute Gasteiger partial charge is 0.251 e. The molecule has 7 heteroatoms. The zero-order chi connectivity index (χ0) is 15.4. The lowest BCUT2D eigenvalue weighted by molar-refractivity contribution is 0.0996. The van der Waals surface area contributed by atoms with Crippen LogP contribution in [0.25, 0.3) is 0 Å². The molecule has 2 rings (SSSR count).